The monoisotopic (exact) mass is 432 g/mol. The summed E-state index contributed by atoms with van der Waals surface area (Å²) in [5.74, 6) is -0.580. The van der Waals surface area contributed by atoms with Crippen LogP contribution >= 0.6 is 35.7 Å². The van der Waals surface area contributed by atoms with Crippen LogP contribution in [0.4, 0.5) is 8.78 Å². The highest BCUT2D eigenvalue weighted by molar-refractivity contribution is 14.0. The summed E-state index contributed by atoms with van der Waals surface area (Å²) < 4.78 is 26.9. The number of halogens is 3. The Labute approximate surface area is 149 Å². The predicted molar refractivity (Wildman–Crippen MR) is 97.8 cm³/mol. The van der Waals surface area contributed by atoms with Crippen molar-refractivity contribution in [2.75, 3.05) is 6.26 Å². The Kier molecular flexibility index (Phi) is 5.80. The quantitative estimate of drug-likeness (QED) is 0.697. The highest BCUT2D eigenvalue weighted by Crippen LogP contribution is 2.37. The number of rotatable bonds is 2. The van der Waals surface area contributed by atoms with Crippen LogP contribution in [0.5, 0.6) is 0 Å². The van der Waals surface area contributed by atoms with Gasteiger partial charge in [-0.1, -0.05) is 36.0 Å². The minimum atomic E-state index is -0.293. The van der Waals surface area contributed by atoms with Crippen molar-refractivity contribution < 1.29 is 8.78 Å². The van der Waals surface area contributed by atoms with Gasteiger partial charge in [-0.25, -0.2) is 8.78 Å². The summed E-state index contributed by atoms with van der Waals surface area (Å²) in [5.41, 5.74) is 1.58. The van der Waals surface area contributed by atoms with Crippen LogP contribution in [0.15, 0.2) is 53.5 Å². The molecule has 0 amide bonds. The fourth-order valence-corrected chi connectivity index (χ4v) is 2.95. The van der Waals surface area contributed by atoms with Gasteiger partial charge in [-0.2, -0.15) is 0 Å². The highest BCUT2D eigenvalue weighted by atomic mass is 127. The number of aliphatic imine (C=N–C) groups is 1. The second kappa shape index (κ2) is 7.41. The minimum Gasteiger partial charge on any atom is -0.356 e. The van der Waals surface area contributed by atoms with Crippen molar-refractivity contribution in [2.24, 2.45) is 4.99 Å². The van der Waals surface area contributed by atoms with Crippen LogP contribution in [0.25, 0.3) is 0 Å². The van der Waals surface area contributed by atoms with E-state index < -0.39 is 0 Å². The summed E-state index contributed by atoms with van der Waals surface area (Å²) >= 11 is 1.49. The Balaban J connectivity index is 0.00000176. The topological polar surface area (TPSA) is 24.4 Å². The maximum atomic E-state index is 13.5. The Morgan fingerprint density at radius 2 is 1.59 bits per heavy atom. The van der Waals surface area contributed by atoms with Crippen molar-refractivity contribution in [3.8, 4) is 0 Å². The number of benzene rings is 2. The molecular formula is C16H15F2IN2S. The average molecular weight is 432 g/mol. The molecule has 0 radical (unpaired) electrons. The van der Waals surface area contributed by atoms with Crippen molar-refractivity contribution in [1.82, 2.24) is 5.32 Å². The van der Waals surface area contributed by atoms with E-state index >= 15 is 0 Å². The van der Waals surface area contributed by atoms with E-state index in [1.54, 1.807) is 12.1 Å². The largest absolute Gasteiger partial charge is 0.356 e. The number of nitrogens with zero attached hydrogens (tertiary/aromatic N) is 1. The first-order valence-electron chi connectivity index (χ1n) is 6.56. The summed E-state index contributed by atoms with van der Waals surface area (Å²) in [6.45, 7) is 0. The van der Waals surface area contributed by atoms with E-state index in [-0.39, 0.29) is 47.7 Å². The maximum absolute atomic E-state index is 13.5. The zero-order valence-electron chi connectivity index (χ0n) is 11.8. The molecule has 0 saturated carbocycles. The summed E-state index contributed by atoms with van der Waals surface area (Å²) in [5, 5.41) is 4.05. The summed E-state index contributed by atoms with van der Waals surface area (Å²) in [7, 11) is 0. The van der Waals surface area contributed by atoms with E-state index in [0.29, 0.717) is 0 Å². The average Bonchev–Trinajstić information content (AvgIpc) is 2.91. The van der Waals surface area contributed by atoms with Crippen LogP contribution in [0, 0.1) is 11.6 Å². The van der Waals surface area contributed by atoms with Crippen molar-refractivity contribution >= 4 is 40.9 Å². The van der Waals surface area contributed by atoms with Crippen LogP contribution in [0.2, 0.25) is 0 Å². The van der Waals surface area contributed by atoms with Crippen molar-refractivity contribution in [3.63, 3.8) is 0 Å². The molecule has 2 aromatic rings. The fourth-order valence-electron chi connectivity index (χ4n) is 2.48. The van der Waals surface area contributed by atoms with Gasteiger partial charge in [0.25, 0.3) is 0 Å². The van der Waals surface area contributed by atoms with E-state index in [4.69, 9.17) is 0 Å². The maximum Gasteiger partial charge on any atom is 0.157 e. The van der Waals surface area contributed by atoms with Gasteiger partial charge in [-0.15, -0.1) is 24.0 Å². The molecule has 2 unspecified atom stereocenters. The lowest BCUT2D eigenvalue weighted by Crippen LogP contribution is -2.22. The summed E-state index contributed by atoms with van der Waals surface area (Å²) in [6, 6.07) is 12.4. The van der Waals surface area contributed by atoms with Gasteiger partial charge in [0.05, 0.1) is 6.04 Å². The van der Waals surface area contributed by atoms with Gasteiger partial charge in [0.1, 0.15) is 17.7 Å². The first kappa shape index (κ1) is 17.2. The molecule has 0 spiro atoms. The molecular weight excluding hydrogens is 417 g/mol. The second-order valence-corrected chi connectivity index (χ2v) is 5.61. The van der Waals surface area contributed by atoms with Gasteiger partial charge in [-0.3, -0.25) is 4.99 Å². The van der Waals surface area contributed by atoms with Gasteiger partial charge in [0.2, 0.25) is 0 Å². The SMILES string of the molecule is CSC1=NC(c2cccc(F)c2)C(c2cccc(F)c2)N1.I. The summed E-state index contributed by atoms with van der Waals surface area (Å²) in [6.07, 6.45) is 1.92. The molecule has 0 bridgehead atoms. The van der Waals surface area contributed by atoms with E-state index in [1.807, 2.05) is 18.4 Å². The molecule has 1 aliphatic rings. The molecule has 0 aromatic heterocycles. The van der Waals surface area contributed by atoms with E-state index in [9.17, 15) is 8.78 Å². The number of hydrogen-bond donors (Lipinski definition) is 1. The number of hydrogen-bond acceptors (Lipinski definition) is 3. The molecule has 2 atom stereocenters. The smallest absolute Gasteiger partial charge is 0.157 e. The molecule has 1 N–H and O–H groups in total. The van der Waals surface area contributed by atoms with Crippen molar-refractivity contribution in [3.05, 3.63) is 71.3 Å². The zero-order chi connectivity index (χ0) is 14.8. The van der Waals surface area contributed by atoms with Crippen LogP contribution in [-0.2, 0) is 0 Å². The number of nitrogens with one attached hydrogen (secondary N) is 1. The van der Waals surface area contributed by atoms with Crippen LogP contribution in [0.1, 0.15) is 23.2 Å². The van der Waals surface area contributed by atoms with Crippen molar-refractivity contribution in [2.45, 2.75) is 12.1 Å². The second-order valence-electron chi connectivity index (χ2n) is 4.82. The highest BCUT2D eigenvalue weighted by Gasteiger charge is 2.31. The van der Waals surface area contributed by atoms with Crippen LogP contribution < -0.4 is 5.32 Å². The zero-order valence-corrected chi connectivity index (χ0v) is 14.9. The van der Waals surface area contributed by atoms with Gasteiger partial charge < -0.3 is 5.32 Å². The molecule has 0 saturated heterocycles. The van der Waals surface area contributed by atoms with Crippen LogP contribution in [-0.4, -0.2) is 11.4 Å². The standard InChI is InChI=1S/C16H14F2N2S.HI/c1-21-16-19-14(10-4-2-6-12(17)8-10)15(20-16)11-5-3-7-13(18)9-11;/h2-9,14-15H,1H3,(H,19,20);1H. The van der Waals surface area contributed by atoms with Crippen LogP contribution in [0.3, 0.4) is 0 Å². The van der Waals surface area contributed by atoms with Gasteiger partial charge in [-0.05, 0) is 41.6 Å². The Hall–Kier alpha value is -1.15. The lowest BCUT2D eigenvalue weighted by Gasteiger charge is -2.19. The normalized spacial score (nSPS) is 20.0. The third-order valence-corrected chi connectivity index (χ3v) is 4.05. The van der Waals surface area contributed by atoms with E-state index in [1.165, 1.54) is 36.0 Å². The molecule has 6 heteroatoms. The molecule has 2 aromatic carbocycles. The first-order valence-corrected chi connectivity index (χ1v) is 7.79. The lowest BCUT2D eigenvalue weighted by molar-refractivity contribution is 0.556. The molecule has 2 nitrogen and oxygen atoms in total. The summed E-state index contributed by atoms with van der Waals surface area (Å²) in [4.78, 5) is 4.58. The molecule has 116 valence electrons. The molecule has 0 aliphatic carbocycles. The van der Waals surface area contributed by atoms with E-state index in [2.05, 4.69) is 10.3 Å². The fraction of sp³-hybridized carbons (Fsp3) is 0.188. The molecule has 0 fully saturated rings. The third kappa shape index (κ3) is 3.60. The Bertz CT molecular complexity index is 693. The first-order chi connectivity index (χ1) is 10.2. The predicted octanol–water partition coefficient (Wildman–Crippen LogP) is 4.69. The Morgan fingerprint density at radius 1 is 1.00 bits per heavy atom. The molecule has 1 heterocycles. The van der Waals surface area contributed by atoms with Gasteiger partial charge in [0, 0.05) is 0 Å². The molecule has 1 aliphatic heterocycles. The van der Waals surface area contributed by atoms with Gasteiger partial charge in [0.15, 0.2) is 5.17 Å². The van der Waals surface area contributed by atoms with Crippen molar-refractivity contribution in [1.29, 1.82) is 0 Å². The number of amidine groups is 1. The third-order valence-electron chi connectivity index (χ3n) is 3.44. The lowest BCUT2D eigenvalue weighted by atomic mass is 9.95. The molecule has 3 rings (SSSR count). The molecule has 22 heavy (non-hydrogen) atoms. The minimum absolute atomic E-state index is 0. The number of thioether (sulfide) groups is 1. The van der Waals surface area contributed by atoms with Gasteiger partial charge >= 0.3 is 0 Å². The Morgan fingerprint density at radius 3 is 2.18 bits per heavy atom. The van der Waals surface area contributed by atoms with E-state index in [0.717, 1.165) is 16.3 Å².